The Labute approximate surface area is 126 Å². The maximum atomic E-state index is 12.6. The third-order valence-corrected chi connectivity index (χ3v) is 4.77. The van der Waals surface area contributed by atoms with Gasteiger partial charge in [0.15, 0.2) is 0 Å². The summed E-state index contributed by atoms with van der Waals surface area (Å²) in [6, 6.07) is 3.34. The minimum Gasteiger partial charge on any atom is -0.365 e. The summed E-state index contributed by atoms with van der Waals surface area (Å²) >= 11 is 1.15. The van der Waals surface area contributed by atoms with Crippen molar-refractivity contribution in [2.75, 3.05) is 6.54 Å². The van der Waals surface area contributed by atoms with Crippen LogP contribution in [0.25, 0.3) is 0 Å². The number of thiophene rings is 1. The van der Waals surface area contributed by atoms with Gasteiger partial charge in [-0.2, -0.15) is 5.10 Å². The van der Waals surface area contributed by atoms with Crippen LogP contribution in [0.3, 0.4) is 0 Å². The third kappa shape index (κ3) is 2.56. The van der Waals surface area contributed by atoms with Gasteiger partial charge in [-0.05, 0) is 25.0 Å². The van der Waals surface area contributed by atoms with E-state index >= 15 is 0 Å². The Kier molecular flexibility index (Phi) is 3.50. The monoisotopic (exact) mass is 304 g/mol. The van der Waals surface area contributed by atoms with Crippen molar-refractivity contribution in [3.63, 3.8) is 0 Å². The first-order chi connectivity index (χ1) is 10.1. The lowest BCUT2D eigenvalue weighted by Crippen LogP contribution is -2.29. The normalized spacial score (nSPS) is 18.1. The molecule has 110 valence electrons. The molecule has 2 amide bonds. The first kappa shape index (κ1) is 13.8. The van der Waals surface area contributed by atoms with Crippen molar-refractivity contribution in [3.8, 4) is 0 Å². The van der Waals surface area contributed by atoms with Gasteiger partial charge in [0, 0.05) is 25.4 Å². The van der Waals surface area contributed by atoms with Crippen LogP contribution in [0.4, 0.5) is 0 Å². The molecular weight excluding hydrogens is 288 g/mol. The Morgan fingerprint density at radius 2 is 2.14 bits per heavy atom. The summed E-state index contributed by atoms with van der Waals surface area (Å²) in [4.78, 5) is 26.6. The quantitative estimate of drug-likeness (QED) is 0.934. The number of amides is 2. The molecule has 0 aliphatic carbocycles. The molecule has 21 heavy (non-hydrogen) atoms. The fourth-order valence-corrected chi connectivity index (χ4v) is 3.51. The van der Waals surface area contributed by atoms with Crippen molar-refractivity contribution in [2.24, 2.45) is 12.8 Å². The maximum absolute atomic E-state index is 12.6. The van der Waals surface area contributed by atoms with Crippen molar-refractivity contribution in [2.45, 2.75) is 18.9 Å². The van der Waals surface area contributed by atoms with Gasteiger partial charge in [-0.3, -0.25) is 14.3 Å². The van der Waals surface area contributed by atoms with Gasteiger partial charge >= 0.3 is 0 Å². The number of primary amides is 1. The number of carbonyl (C=O) groups excluding carboxylic acids is 2. The zero-order valence-electron chi connectivity index (χ0n) is 11.7. The van der Waals surface area contributed by atoms with Crippen molar-refractivity contribution in [1.82, 2.24) is 14.7 Å². The number of nitrogens with zero attached hydrogens (tertiary/aromatic N) is 3. The van der Waals surface area contributed by atoms with Gasteiger partial charge in [0.25, 0.3) is 11.8 Å². The lowest BCUT2D eigenvalue weighted by molar-refractivity contribution is 0.0740. The molecule has 0 bridgehead atoms. The molecule has 0 spiro atoms. The van der Waals surface area contributed by atoms with Crippen LogP contribution in [0.2, 0.25) is 0 Å². The summed E-state index contributed by atoms with van der Waals surface area (Å²) in [6.45, 7) is 0.724. The number of aryl methyl sites for hydroxylation is 1. The Bertz CT molecular complexity index is 691. The molecule has 0 aromatic carbocycles. The molecule has 2 N–H and O–H groups in total. The summed E-state index contributed by atoms with van der Waals surface area (Å²) in [5, 5.41) is 4.18. The molecule has 3 heterocycles. The first-order valence-electron chi connectivity index (χ1n) is 6.75. The van der Waals surface area contributed by atoms with E-state index in [1.807, 2.05) is 18.1 Å². The van der Waals surface area contributed by atoms with E-state index in [0.29, 0.717) is 9.75 Å². The van der Waals surface area contributed by atoms with E-state index in [1.165, 1.54) is 0 Å². The standard InChI is InChI=1S/C14H16N4O2S/c1-17-8-9(7-16-17)10-3-2-6-18(10)14(20)12-5-4-11(21-12)13(15)19/h4-5,7-8,10H,2-3,6H2,1H3,(H2,15,19). The van der Waals surface area contributed by atoms with Gasteiger partial charge in [-0.25, -0.2) is 0 Å². The average molecular weight is 304 g/mol. The summed E-state index contributed by atoms with van der Waals surface area (Å²) < 4.78 is 1.74. The maximum Gasteiger partial charge on any atom is 0.264 e. The predicted molar refractivity (Wildman–Crippen MR) is 79.1 cm³/mol. The minimum absolute atomic E-state index is 0.0427. The zero-order chi connectivity index (χ0) is 15.0. The molecule has 6 nitrogen and oxygen atoms in total. The van der Waals surface area contributed by atoms with Crippen LogP contribution in [-0.4, -0.2) is 33.0 Å². The number of rotatable bonds is 3. The number of aromatic nitrogens is 2. The largest absolute Gasteiger partial charge is 0.365 e. The van der Waals surface area contributed by atoms with E-state index in [0.717, 1.165) is 36.3 Å². The van der Waals surface area contributed by atoms with E-state index in [-0.39, 0.29) is 11.9 Å². The topological polar surface area (TPSA) is 81.2 Å². The molecule has 3 rings (SSSR count). The van der Waals surface area contributed by atoms with Crippen LogP contribution in [0.15, 0.2) is 24.5 Å². The van der Waals surface area contributed by atoms with Gasteiger partial charge in [0.1, 0.15) is 0 Å². The molecule has 7 heteroatoms. The van der Waals surface area contributed by atoms with E-state index in [9.17, 15) is 9.59 Å². The number of hydrogen-bond donors (Lipinski definition) is 1. The molecule has 1 aliphatic rings. The second-order valence-corrected chi connectivity index (χ2v) is 6.22. The Morgan fingerprint density at radius 1 is 1.38 bits per heavy atom. The smallest absolute Gasteiger partial charge is 0.264 e. The molecule has 0 radical (unpaired) electrons. The van der Waals surface area contributed by atoms with Crippen LogP contribution in [0.1, 0.15) is 43.8 Å². The Morgan fingerprint density at radius 3 is 2.76 bits per heavy atom. The molecular formula is C14H16N4O2S. The highest BCUT2D eigenvalue weighted by Crippen LogP contribution is 2.33. The first-order valence-corrected chi connectivity index (χ1v) is 7.57. The Balaban J connectivity index is 1.84. The number of carbonyl (C=O) groups is 2. The highest BCUT2D eigenvalue weighted by Gasteiger charge is 2.32. The summed E-state index contributed by atoms with van der Waals surface area (Å²) in [7, 11) is 1.86. The predicted octanol–water partition coefficient (Wildman–Crippen LogP) is 1.56. The molecule has 0 saturated carbocycles. The molecule has 1 fully saturated rings. The molecule has 1 atom stereocenters. The van der Waals surface area contributed by atoms with Gasteiger partial charge in [0.05, 0.1) is 22.0 Å². The van der Waals surface area contributed by atoms with Crippen molar-refractivity contribution >= 4 is 23.2 Å². The average Bonchev–Trinajstić information content (AvgIpc) is 3.17. The number of hydrogen-bond acceptors (Lipinski definition) is 4. The lowest BCUT2D eigenvalue weighted by atomic mass is 10.1. The van der Waals surface area contributed by atoms with E-state index in [2.05, 4.69) is 5.10 Å². The molecule has 2 aromatic heterocycles. The highest BCUT2D eigenvalue weighted by molar-refractivity contribution is 7.15. The van der Waals surface area contributed by atoms with E-state index in [4.69, 9.17) is 5.73 Å². The minimum atomic E-state index is -0.496. The molecule has 2 aromatic rings. The van der Waals surface area contributed by atoms with Gasteiger partial charge < -0.3 is 10.6 Å². The van der Waals surface area contributed by atoms with E-state index in [1.54, 1.807) is 23.0 Å². The number of nitrogens with two attached hydrogens (primary N) is 1. The summed E-state index contributed by atoms with van der Waals surface area (Å²) in [5.41, 5.74) is 6.29. The fraction of sp³-hybridized carbons (Fsp3) is 0.357. The SMILES string of the molecule is Cn1cc(C2CCCN2C(=O)c2ccc(C(N)=O)s2)cn1. The van der Waals surface area contributed by atoms with Crippen LogP contribution >= 0.6 is 11.3 Å². The summed E-state index contributed by atoms with van der Waals surface area (Å²) in [6.07, 6.45) is 5.66. The summed E-state index contributed by atoms with van der Waals surface area (Å²) in [5.74, 6) is -0.539. The zero-order valence-corrected chi connectivity index (χ0v) is 12.5. The Hall–Kier alpha value is -2.15. The van der Waals surface area contributed by atoms with Crippen LogP contribution in [0.5, 0.6) is 0 Å². The molecule has 1 aliphatic heterocycles. The molecule has 1 unspecified atom stereocenters. The van der Waals surface area contributed by atoms with Crippen LogP contribution < -0.4 is 5.73 Å². The van der Waals surface area contributed by atoms with Crippen molar-refractivity contribution in [3.05, 3.63) is 39.8 Å². The van der Waals surface area contributed by atoms with Crippen molar-refractivity contribution in [1.29, 1.82) is 0 Å². The van der Waals surface area contributed by atoms with E-state index < -0.39 is 5.91 Å². The lowest BCUT2D eigenvalue weighted by Gasteiger charge is -2.23. The van der Waals surface area contributed by atoms with Gasteiger partial charge in [-0.1, -0.05) is 0 Å². The third-order valence-electron chi connectivity index (χ3n) is 3.68. The molecule has 1 saturated heterocycles. The highest BCUT2D eigenvalue weighted by atomic mass is 32.1. The fourth-order valence-electron chi connectivity index (χ4n) is 2.70. The van der Waals surface area contributed by atoms with Crippen LogP contribution in [0, 0.1) is 0 Å². The van der Waals surface area contributed by atoms with Gasteiger partial charge in [0.2, 0.25) is 0 Å². The van der Waals surface area contributed by atoms with Crippen molar-refractivity contribution < 1.29 is 9.59 Å². The van der Waals surface area contributed by atoms with Crippen LogP contribution in [-0.2, 0) is 7.05 Å². The number of likely N-dealkylation sites (tertiary alicyclic amines) is 1. The second-order valence-electron chi connectivity index (χ2n) is 5.13. The second kappa shape index (κ2) is 5.33. The van der Waals surface area contributed by atoms with Gasteiger partial charge in [-0.15, -0.1) is 11.3 Å².